The Morgan fingerprint density at radius 1 is 1.33 bits per heavy atom. The molecule has 1 fully saturated rings. The second-order valence-corrected chi connectivity index (χ2v) is 6.24. The van der Waals surface area contributed by atoms with Crippen LogP contribution >= 0.6 is 11.6 Å². The Hall–Kier alpha value is -2.34. The average molecular weight is 346 g/mol. The first-order chi connectivity index (χ1) is 11.6. The lowest BCUT2D eigenvalue weighted by Crippen LogP contribution is -2.43. The Labute approximate surface area is 146 Å². The van der Waals surface area contributed by atoms with Crippen LogP contribution in [0.3, 0.4) is 0 Å². The lowest BCUT2D eigenvalue weighted by atomic mass is 10.2. The molecule has 0 unspecified atom stereocenters. The van der Waals surface area contributed by atoms with Gasteiger partial charge in [-0.25, -0.2) is 9.78 Å². The highest BCUT2D eigenvalue weighted by Crippen LogP contribution is 2.25. The van der Waals surface area contributed by atoms with Crippen molar-refractivity contribution in [3.05, 3.63) is 52.9 Å². The van der Waals surface area contributed by atoms with E-state index in [0.29, 0.717) is 18.1 Å². The van der Waals surface area contributed by atoms with Gasteiger partial charge in [0.1, 0.15) is 5.82 Å². The SMILES string of the molecule is Cc1cccnc1CNC(=O)N[C@H]1CCN(c2ncccc2Cl)C1. The third-order valence-corrected chi connectivity index (χ3v) is 4.39. The van der Waals surface area contributed by atoms with E-state index in [-0.39, 0.29) is 12.1 Å². The third-order valence-electron chi connectivity index (χ3n) is 4.10. The largest absolute Gasteiger partial charge is 0.353 e. The summed E-state index contributed by atoms with van der Waals surface area (Å²) in [6.07, 6.45) is 4.32. The highest BCUT2D eigenvalue weighted by atomic mass is 35.5. The molecule has 1 saturated heterocycles. The zero-order valence-electron chi connectivity index (χ0n) is 13.5. The number of anilines is 1. The van der Waals surface area contributed by atoms with Gasteiger partial charge in [-0.1, -0.05) is 17.7 Å². The number of pyridine rings is 2. The molecule has 3 rings (SSSR count). The Kier molecular flexibility index (Phi) is 5.15. The van der Waals surface area contributed by atoms with Crippen LogP contribution in [0, 0.1) is 6.92 Å². The fourth-order valence-corrected chi connectivity index (χ4v) is 3.03. The van der Waals surface area contributed by atoms with Gasteiger partial charge < -0.3 is 15.5 Å². The van der Waals surface area contributed by atoms with Crippen LogP contribution in [0.2, 0.25) is 5.02 Å². The number of rotatable bonds is 4. The van der Waals surface area contributed by atoms with E-state index in [0.717, 1.165) is 30.0 Å². The Morgan fingerprint density at radius 3 is 2.92 bits per heavy atom. The van der Waals surface area contributed by atoms with Gasteiger partial charge in [-0.2, -0.15) is 0 Å². The van der Waals surface area contributed by atoms with Crippen LogP contribution in [0.25, 0.3) is 0 Å². The molecule has 0 radical (unpaired) electrons. The molecule has 0 aliphatic carbocycles. The number of nitrogens with zero attached hydrogens (tertiary/aromatic N) is 3. The minimum Gasteiger partial charge on any atom is -0.353 e. The normalized spacial score (nSPS) is 16.9. The van der Waals surface area contributed by atoms with Crippen molar-refractivity contribution in [2.45, 2.75) is 25.9 Å². The lowest BCUT2D eigenvalue weighted by molar-refractivity contribution is 0.237. The molecule has 0 aromatic carbocycles. The first kappa shape index (κ1) is 16.5. The molecule has 0 saturated carbocycles. The number of carbonyl (C=O) groups excluding carboxylic acids is 1. The number of hydrogen-bond donors (Lipinski definition) is 2. The molecule has 3 heterocycles. The fourth-order valence-electron chi connectivity index (χ4n) is 2.78. The maximum atomic E-state index is 12.1. The van der Waals surface area contributed by atoms with E-state index in [9.17, 15) is 4.79 Å². The highest BCUT2D eigenvalue weighted by Gasteiger charge is 2.25. The van der Waals surface area contributed by atoms with Gasteiger partial charge in [0, 0.05) is 31.5 Å². The fraction of sp³-hybridized carbons (Fsp3) is 0.353. The first-order valence-corrected chi connectivity index (χ1v) is 8.31. The van der Waals surface area contributed by atoms with E-state index in [1.807, 2.05) is 31.2 Å². The number of urea groups is 1. The summed E-state index contributed by atoms with van der Waals surface area (Å²) in [5.41, 5.74) is 1.94. The summed E-state index contributed by atoms with van der Waals surface area (Å²) in [7, 11) is 0. The van der Waals surface area contributed by atoms with Crippen LogP contribution in [-0.4, -0.2) is 35.1 Å². The summed E-state index contributed by atoms with van der Waals surface area (Å²) < 4.78 is 0. The maximum absolute atomic E-state index is 12.1. The average Bonchev–Trinajstić information content (AvgIpc) is 3.03. The molecule has 6 nitrogen and oxygen atoms in total. The van der Waals surface area contributed by atoms with Crippen molar-refractivity contribution in [1.29, 1.82) is 0 Å². The number of aryl methyl sites for hydroxylation is 1. The van der Waals surface area contributed by atoms with Crippen molar-refractivity contribution >= 4 is 23.4 Å². The molecule has 0 spiro atoms. The van der Waals surface area contributed by atoms with Gasteiger partial charge in [-0.3, -0.25) is 4.98 Å². The van der Waals surface area contributed by atoms with Crippen molar-refractivity contribution in [2.24, 2.45) is 0 Å². The Morgan fingerprint density at radius 2 is 2.12 bits per heavy atom. The van der Waals surface area contributed by atoms with Gasteiger partial charge >= 0.3 is 6.03 Å². The second-order valence-electron chi connectivity index (χ2n) is 5.83. The Balaban J connectivity index is 1.49. The van der Waals surface area contributed by atoms with Crippen LogP contribution in [0.1, 0.15) is 17.7 Å². The standard InChI is InChI=1S/C17H20ClN5O/c1-12-4-2-7-19-15(12)10-21-17(24)22-13-6-9-23(11-13)16-14(18)5-3-8-20-16/h2-5,7-8,13H,6,9-11H2,1H3,(H2,21,22,24)/t13-/m0/s1. The van der Waals surface area contributed by atoms with Crippen molar-refractivity contribution in [1.82, 2.24) is 20.6 Å². The number of halogens is 1. The summed E-state index contributed by atoms with van der Waals surface area (Å²) in [6.45, 7) is 3.92. The van der Waals surface area contributed by atoms with Crippen LogP contribution in [0.5, 0.6) is 0 Å². The molecular weight excluding hydrogens is 326 g/mol. The van der Waals surface area contributed by atoms with Crippen molar-refractivity contribution in [3.8, 4) is 0 Å². The Bertz CT molecular complexity index is 724. The summed E-state index contributed by atoms with van der Waals surface area (Å²) in [4.78, 5) is 22.8. The molecule has 1 aliphatic heterocycles. The minimum absolute atomic E-state index is 0.0768. The summed E-state index contributed by atoms with van der Waals surface area (Å²) in [5.74, 6) is 0.771. The van der Waals surface area contributed by atoms with Gasteiger partial charge in [0.15, 0.2) is 0 Å². The van der Waals surface area contributed by atoms with Gasteiger partial charge in [-0.15, -0.1) is 0 Å². The van der Waals surface area contributed by atoms with Gasteiger partial charge in [0.25, 0.3) is 0 Å². The van der Waals surface area contributed by atoms with Crippen LogP contribution in [0.15, 0.2) is 36.7 Å². The van der Waals surface area contributed by atoms with E-state index in [4.69, 9.17) is 11.6 Å². The molecule has 2 aromatic heterocycles. The van der Waals surface area contributed by atoms with E-state index < -0.39 is 0 Å². The molecule has 2 N–H and O–H groups in total. The zero-order chi connectivity index (χ0) is 16.9. The highest BCUT2D eigenvalue weighted by molar-refractivity contribution is 6.32. The quantitative estimate of drug-likeness (QED) is 0.893. The molecule has 7 heteroatoms. The topological polar surface area (TPSA) is 70.2 Å². The van der Waals surface area contributed by atoms with Crippen molar-refractivity contribution < 1.29 is 4.79 Å². The molecule has 0 bridgehead atoms. The minimum atomic E-state index is -0.181. The number of nitrogens with one attached hydrogen (secondary N) is 2. The first-order valence-electron chi connectivity index (χ1n) is 7.94. The maximum Gasteiger partial charge on any atom is 0.315 e. The second kappa shape index (κ2) is 7.49. The summed E-state index contributed by atoms with van der Waals surface area (Å²) >= 11 is 6.18. The van der Waals surface area contributed by atoms with E-state index in [1.54, 1.807) is 12.4 Å². The van der Waals surface area contributed by atoms with E-state index in [2.05, 4.69) is 25.5 Å². The van der Waals surface area contributed by atoms with Gasteiger partial charge in [0.2, 0.25) is 0 Å². The van der Waals surface area contributed by atoms with E-state index in [1.165, 1.54) is 0 Å². The van der Waals surface area contributed by atoms with Gasteiger partial charge in [-0.05, 0) is 37.1 Å². The van der Waals surface area contributed by atoms with Crippen LogP contribution in [0.4, 0.5) is 10.6 Å². The molecule has 2 aromatic rings. The molecule has 1 atom stereocenters. The van der Waals surface area contributed by atoms with E-state index >= 15 is 0 Å². The molecular formula is C17H20ClN5O. The summed E-state index contributed by atoms with van der Waals surface area (Å²) in [6, 6.07) is 7.39. The monoisotopic (exact) mass is 345 g/mol. The smallest absolute Gasteiger partial charge is 0.315 e. The van der Waals surface area contributed by atoms with Crippen LogP contribution in [-0.2, 0) is 6.54 Å². The number of hydrogen-bond acceptors (Lipinski definition) is 4. The lowest BCUT2D eigenvalue weighted by Gasteiger charge is -2.19. The van der Waals surface area contributed by atoms with Gasteiger partial charge in [0.05, 0.1) is 17.3 Å². The van der Waals surface area contributed by atoms with Crippen molar-refractivity contribution in [2.75, 3.05) is 18.0 Å². The molecule has 1 aliphatic rings. The molecule has 2 amide bonds. The van der Waals surface area contributed by atoms with Crippen LogP contribution < -0.4 is 15.5 Å². The predicted octanol–water partition coefficient (Wildman–Crippen LogP) is 2.52. The predicted molar refractivity (Wildman–Crippen MR) is 94.2 cm³/mol. The zero-order valence-corrected chi connectivity index (χ0v) is 14.3. The summed E-state index contributed by atoms with van der Waals surface area (Å²) in [5, 5.41) is 6.49. The molecule has 24 heavy (non-hydrogen) atoms. The number of aromatic nitrogens is 2. The van der Waals surface area contributed by atoms with Crippen molar-refractivity contribution in [3.63, 3.8) is 0 Å². The third kappa shape index (κ3) is 3.94. The number of amides is 2. The molecule has 126 valence electrons. The number of carbonyl (C=O) groups is 1.